The Morgan fingerprint density at radius 2 is 1.72 bits per heavy atom. The van der Waals surface area contributed by atoms with Gasteiger partial charge in [-0.3, -0.25) is 19.2 Å². The van der Waals surface area contributed by atoms with E-state index in [1.54, 1.807) is 6.19 Å². The van der Waals surface area contributed by atoms with Gasteiger partial charge in [-0.15, -0.1) is 0 Å². The van der Waals surface area contributed by atoms with Gasteiger partial charge < -0.3 is 34.3 Å². The fraction of sp³-hybridized carbons (Fsp3) is 0.579. The minimum atomic E-state index is -1.47. The molecule has 2 N–H and O–H groups in total. The number of hydrogen-bond acceptors (Lipinski definition) is 12. The first-order valence-electron chi connectivity index (χ1n) is 9.36. The van der Waals surface area contributed by atoms with E-state index in [4.69, 9.17) is 24.2 Å². The maximum atomic E-state index is 12.1. The summed E-state index contributed by atoms with van der Waals surface area (Å²) in [7, 11) is 1.10. The molecule has 0 bridgehead atoms. The van der Waals surface area contributed by atoms with E-state index < -0.39 is 66.8 Å². The highest BCUT2D eigenvalue weighted by Gasteiger charge is 2.48. The molecule has 0 unspecified atom stereocenters. The predicted molar refractivity (Wildman–Crippen MR) is 103 cm³/mol. The SMILES string of the molecule is COC(=O)C1=C[C@@H](NC#N)[C@H](NC(C)=O)[C@@H]([C@@H](OC(C)=O)[C@H](COC(C)=O)OC(C)=O)O1. The Hall–Kier alpha value is -3.82. The summed E-state index contributed by atoms with van der Waals surface area (Å²) in [5, 5.41) is 14.1. The van der Waals surface area contributed by atoms with E-state index in [0.717, 1.165) is 27.9 Å². The third kappa shape index (κ3) is 7.78. The highest BCUT2D eigenvalue weighted by atomic mass is 16.6. The molecule has 0 saturated carbocycles. The smallest absolute Gasteiger partial charge is 0.373 e. The van der Waals surface area contributed by atoms with E-state index in [1.807, 2.05) is 0 Å². The van der Waals surface area contributed by atoms with Crippen LogP contribution < -0.4 is 10.6 Å². The zero-order valence-corrected chi connectivity index (χ0v) is 18.2. The third-order valence-electron chi connectivity index (χ3n) is 4.08. The summed E-state index contributed by atoms with van der Waals surface area (Å²) in [5.74, 6) is -4.11. The number of hydrogen-bond donors (Lipinski definition) is 2. The summed E-state index contributed by atoms with van der Waals surface area (Å²) in [6, 6.07) is -2.08. The quantitative estimate of drug-likeness (QED) is 0.184. The number of esters is 4. The Morgan fingerprint density at radius 3 is 2.19 bits per heavy atom. The first-order valence-corrected chi connectivity index (χ1v) is 9.36. The van der Waals surface area contributed by atoms with Gasteiger partial charge in [-0.2, -0.15) is 5.26 Å². The van der Waals surface area contributed by atoms with Crippen LogP contribution in [0, 0.1) is 11.5 Å². The van der Waals surface area contributed by atoms with Crippen molar-refractivity contribution in [2.24, 2.45) is 0 Å². The summed E-state index contributed by atoms with van der Waals surface area (Å²) in [6.45, 7) is 3.95. The summed E-state index contributed by atoms with van der Waals surface area (Å²) >= 11 is 0. The Bertz CT molecular complexity index is 819. The zero-order valence-electron chi connectivity index (χ0n) is 18.2. The number of nitrogens with zero attached hydrogens (tertiary/aromatic N) is 1. The summed E-state index contributed by atoms with van der Waals surface area (Å²) in [4.78, 5) is 58.8. The number of nitriles is 1. The van der Waals surface area contributed by atoms with E-state index in [-0.39, 0.29) is 5.76 Å². The summed E-state index contributed by atoms with van der Waals surface area (Å²) in [5.41, 5.74) is 0. The highest BCUT2D eigenvalue weighted by molar-refractivity contribution is 5.86. The molecule has 0 aromatic carbocycles. The molecular weight excluding hydrogens is 430 g/mol. The molecule has 13 heteroatoms. The lowest BCUT2D eigenvalue weighted by atomic mass is 9.91. The van der Waals surface area contributed by atoms with Crippen molar-refractivity contribution in [3.8, 4) is 6.19 Å². The number of carbonyl (C=O) groups is 5. The fourth-order valence-corrected chi connectivity index (χ4v) is 2.99. The molecule has 0 spiro atoms. The number of ether oxygens (including phenoxy) is 5. The molecule has 176 valence electrons. The van der Waals surface area contributed by atoms with Crippen LogP contribution in [0.5, 0.6) is 0 Å². The lowest BCUT2D eigenvalue weighted by Crippen LogP contribution is -2.63. The van der Waals surface area contributed by atoms with Crippen LogP contribution in [0.4, 0.5) is 0 Å². The fourth-order valence-electron chi connectivity index (χ4n) is 2.99. The largest absolute Gasteiger partial charge is 0.477 e. The second-order valence-corrected chi connectivity index (χ2v) is 6.64. The van der Waals surface area contributed by atoms with Crippen LogP contribution in [0.25, 0.3) is 0 Å². The third-order valence-corrected chi connectivity index (χ3v) is 4.08. The van der Waals surface area contributed by atoms with Crippen LogP contribution >= 0.6 is 0 Å². The molecule has 1 aliphatic rings. The number of nitrogens with one attached hydrogen (secondary N) is 2. The van der Waals surface area contributed by atoms with Crippen molar-refractivity contribution in [2.75, 3.05) is 13.7 Å². The van der Waals surface area contributed by atoms with Gasteiger partial charge in [-0.25, -0.2) is 4.79 Å². The minimum absolute atomic E-state index is 0.349. The molecule has 1 rings (SSSR count). The Morgan fingerprint density at radius 1 is 1.09 bits per heavy atom. The lowest BCUT2D eigenvalue weighted by molar-refractivity contribution is -0.188. The van der Waals surface area contributed by atoms with E-state index in [1.165, 1.54) is 13.0 Å². The molecule has 0 saturated heterocycles. The lowest BCUT2D eigenvalue weighted by Gasteiger charge is -2.41. The number of rotatable bonds is 9. The van der Waals surface area contributed by atoms with Crippen LogP contribution in [0.3, 0.4) is 0 Å². The molecular formula is C19H25N3O10. The Balaban J connectivity index is 3.54. The Labute approximate surface area is 183 Å². The monoisotopic (exact) mass is 455 g/mol. The molecule has 0 aromatic rings. The van der Waals surface area contributed by atoms with Gasteiger partial charge in [0.05, 0.1) is 19.2 Å². The minimum Gasteiger partial charge on any atom is -0.477 e. The standard InChI is InChI=1S/C19H25N3O10/c1-9(23)22-16-13(21-8-20)6-14(19(27)28-5)32-18(16)17(31-12(4)26)15(30-11(3)25)7-29-10(2)24/h6,13,15-18,21H,7H2,1-5H3,(H,22,23)/t13-,15+,16+,17+,18+/m1/s1. The second-order valence-electron chi connectivity index (χ2n) is 6.64. The van der Waals surface area contributed by atoms with Crippen molar-refractivity contribution in [1.29, 1.82) is 5.26 Å². The topological polar surface area (TPSA) is 179 Å². The molecule has 1 amide bonds. The van der Waals surface area contributed by atoms with Gasteiger partial charge >= 0.3 is 23.9 Å². The highest BCUT2D eigenvalue weighted by Crippen LogP contribution is 2.26. The molecule has 5 atom stereocenters. The summed E-state index contributed by atoms with van der Waals surface area (Å²) < 4.78 is 25.7. The maximum Gasteiger partial charge on any atom is 0.373 e. The Kier molecular flexibility index (Phi) is 9.94. The van der Waals surface area contributed by atoms with Crippen LogP contribution in [-0.2, 0) is 47.7 Å². The van der Waals surface area contributed by atoms with Crippen LogP contribution in [-0.4, -0.2) is 73.9 Å². The van der Waals surface area contributed by atoms with Crippen molar-refractivity contribution in [3.05, 3.63) is 11.8 Å². The number of methoxy groups -OCH3 is 1. The molecule has 0 fully saturated rings. The van der Waals surface area contributed by atoms with Crippen molar-refractivity contribution in [1.82, 2.24) is 10.6 Å². The second kappa shape index (κ2) is 12.1. The normalized spacial score (nSPS) is 21.2. The summed E-state index contributed by atoms with van der Waals surface area (Å²) in [6.07, 6.45) is -1.29. The van der Waals surface area contributed by atoms with E-state index >= 15 is 0 Å². The van der Waals surface area contributed by atoms with Crippen molar-refractivity contribution in [3.63, 3.8) is 0 Å². The predicted octanol–water partition coefficient (Wildman–Crippen LogP) is -1.19. The first kappa shape index (κ1) is 26.2. The van der Waals surface area contributed by atoms with Gasteiger partial charge in [0.1, 0.15) is 6.61 Å². The molecule has 0 radical (unpaired) electrons. The zero-order chi connectivity index (χ0) is 24.4. The first-order chi connectivity index (χ1) is 15.0. The van der Waals surface area contributed by atoms with Crippen molar-refractivity contribution in [2.45, 2.75) is 58.1 Å². The average molecular weight is 455 g/mol. The van der Waals surface area contributed by atoms with Crippen LogP contribution in [0.15, 0.2) is 11.8 Å². The molecule has 1 heterocycles. The maximum absolute atomic E-state index is 12.1. The van der Waals surface area contributed by atoms with Gasteiger partial charge in [0.2, 0.25) is 11.7 Å². The van der Waals surface area contributed by atoms with Gasteiger partial charge in [-0.05, 0) is 6.08 Å². The van der Waals surface area contributed by atoms with E-state index in [9.17, 15) is 24.0 Å². The van der Waals surface area contributed by atoms with Gasteiger partial charge in [0.25, 0.3) is 0 Å². The molecule has 13 nitrogen and oxygen atoms in total. The molecule has 32 heavy (non-hydrogen) atoms. The van der Waals surface area contributed by atoms with E-state index in [0.29, 0.717) is 0 Å². The van der Waals surface area contributed by atoms with E-state index in [2.05, 4.69) is 15.4 Å². The van der Waals surface area contributed by atoms with Crippen molar-refractivity contribution < 1.29 is 47.7 Å². The van der Waals surface area contributed by atoms with Crippen LogP contribution in [0.2, 0.25) is 0 Å². The van der Waals surface area contributed by atoms with Gasteiger partial charge in [0.15, 0.2) is 24.5 Å². The average Bonchev–Trinajstić information content (AvgIpc) is 2.69. The number of carbonyl (C=O) groups excluding carboxylic acids is 5. The van der Waals surface area contributed by atoms with Crippen molar-refractivity contribution >= 4 is 29.8 Å². The molecule has 0 aliphatic carbocycles. The van der Waals surface area contributed by atoms with Gasteiger partial charge in [0, 0.05) is 27.7 Å². The molecule has 0 aromatic heterocycles. The van der Waals surface area contributed by atoms with Gasteiger partial charge in [-0.1, -0.05) is 0 Å². The number of amides is 1. The molecule has 1 aliphatic heterocycles. The van der Waals surface area contributed by atoms with Crippen LogP contribution in [0.1, 0.15) is 27.7 Å².